The van der Waals surface area contributed by atoms with Crippen LogP contribution in [0.25, 0.3) is 10.9 Å². The lowest BCUT2D eigenvalue weighted by Crippen LogP contribution is -2.58. The molecule has 7 nitrogen and oxygen atoms in total. The summed E-state index contributed by atoms with van der Waals surface area (Å²) >= 11 is 0. The van der Waals surface area contributed by atoms with E-state index in [0.717, 1.165) is 22.0 Å². The minimum atomic E-state index is -0.175. The zero-order valence-electron chi connectivity index (χ0n) is 21.9. The van der Waals surface area contributed by atoms with Crippen LogP contribution in [0.15, 0.2) is 78.9 Å². The Morgan fingerprint density at radius 2 is 1.79 bits per heavy atom. The standard InChI is InChI=1S/C32H33N3O4/c36-13-14-39-28-8-4-7-23(16-28)19-35-27(15-22-5-2-1-3-6-22)20-34(21-31(35)37)32(38)30-18-26-17-25(24-9-10-24)11-12-29(26)33-30/h1-8,11-12,16-18,24,27,33,36H,9-10,13-15,19-21H2/t27-/m0/s1. The number of H-pyrrole nitrogens is 1. The first kappa shape index (κ1) is 25.2. The summed E-state index contributed by atoms with van der Waals surface area (Å²) < 4.78 is 5.57. The van der Waals surface area contributed by atoms with Crippen molar-refractivity contribution in [3.63, 3.8) is 0 Å². The van der Waals surface area contributed by atoms with E-state index in [0.29, 0.717) is 36.9 Å². The summed E-state index contributed by atoms with van der Waals surface area (Å²) in [5.41, 5.74) is 4.85. The Kier molecular flexibility index (Phi) is 7.07. The molecule has 39 heavy (non-hydrogen) atoms. The number of aromatic nitrogens is 1. The first-order valence-corrected chi connectivity index (χ1v) is 13.7. The lowest BCUT2D eigenvalue weighted by molar-refractivity contribution is -0.139. The van der Waals surface area contributed by atoms with Gasteiger partial charge in [-0.05, 0) is 72.2 Å². The summed E-state index contributed by atoms with van der Waals surface area (Å²) in [6, 6.07) is 25.8. The maximum absolute atomic E-state index is 13.6. The molecular weight excluding hydrogens is 490 g/mol. The number of nitrogens with zero attached hydrogens (tertiary/aromatic N) is 2. The highest BCUT2D eigenvalue weighted by molar-refractivity contribution is 6.00. The van der Waals surface area contributed by atoms with Crippen LogP contribution in [0.1, 0.15) is 45.9 Å². The molecule has 3 aromatic carbocycles. The number of nitrogens with one attached hydrogen (secondary N) is 1. The van der Waals surface area contributed by atoms with Crippen molar-refractivity contribution in [3.8, 4) is 5.75 Å². The molecule has 1 atom stereocenters. The monoisotopic (exact) mass is 523 g/mol. The molecule has 0 unspecified atom stereocenters. The van der Waals surface area contributed by atoms with Gasteiger partial charge >= 0.3 is 0 Å². The Labute approximate surface area is 228 Å². The number of amides is 2. The molecule has 1 saturated carbocycles. The molecule has 2 amide bonds. The molecule has 2 aliphatic rings. The van der Waals surface area contributed by atoms with Crippen LogP contribution in [-0.2, 0) is 17.8 Å². The highest BCUT2D eigenvalue weighted by atomic mass is 16.5. The van der Waals surface area contributed by atoms with Crippen LogP contribution in [0.3, 0.4) is 0 Å². The number of carbonyl (C=O) groups is 2. The van der Waals surface area contributed by atoms with E-state index in [2.05, 4.69) is 35.3 Å². The second kappa shape index (κ2) is 10.9. The smallest absolute Gasteiger partial charge is 0.270 e. The number of aromatic amines is 1. The van der Waals surface area contributed by atoms with Crippen molar-refractivity contribution in [2.24, 2.45) is 0 Å². The highest BCUT2D eigenvalue weighted by Crippen LogP contribution is 2.41. The fourth-order valence-electron chi connectivity index (χ4n) is 5.51. The van der Waals surface area contributed by atoms with Crippen molar-refractivity contribution in [3.05, 3.63) is 101 Å². The van der Waals surface area contributed by atoms with Gasteiger partial charge in [-0.25, -0.2) is 0 Å². The minimum absolute atomic E-state index is 0.0352. The zero-order chi connectivity index (χ0) is 26.8. The number of rotatable bonds is 9. The summed E-state index contributed by atoms with van der Waals surface area (Å²) in [5, 5.41) is 10.1. The molecular formula is C32H33N3O4. The molecule has 4 aromatic rings. The number of piperazine rings is 1. The van der Waals surface area contributed by atoms with Gasteiger partial charge in [0.25, 0.3) is 5.91 Å². The Balaban J connectivity index is 1.23. The fraction of sp³-hybridized carbons (Fsp3) is 0.312. The van der Waals surface area contributed by atoms with Crippen LogP contribution in [0.2, 0.25) is 0 Å². The predicted octanol–water partition coefficient (Wildman–Crippen LogP) is 4.51. The minimum Gasteiger partial charge on any atom is -0.491 e. The molecule has 0 radical (unpaired) electrons. The van der Waals surface area contributed by atoms with Gasteiger partial charge in [0.2, 0.25) is 5.91 Å². The summed E-state index contributed by atoms with van der Waals surface area (Å²) in [6.45, 7) is 1.06. The Morgan fingerprint density at radius 1 is 0.974 bits per heavy atom. The number of hydrogen-bond acceptors (Lipinski definition) is 4. The number of hydrogen-bond donors (Lipinski definition) is 2. The lowest BCUT2D eigenvalue weighted by Gasteiger charge is -2.41. The molecule has 0 bridgehead atoms. The van der Waals surface area contributed by atoms with E-state index in [9.17, 15) is 9.59 Å². The summed E-state index contributed by atoms with van der Waals surface area (Å²) in [5.74, 6) is 1.08. The molecule has 1 aromatic heterocycles. The molecule has 2 heterocycles. The molecule has 200 valence electrons. The molecule has 0 spiro atoms. The van der Waals surface area contributed by atoms with E-state index in [1.54, 1.807) is 4.90 Å². The molecule has 1 saturated heterocycles. The normalized spacial score (nSPS) is 17.6. The van der Waals surface area contributed by atoms with Gasteiger partial charge in [0, 0.05) is 24.0 Å². The number of aliphatic hydroxyl groups is 1. The van der Waals surface area contributed by atoms with Gasteiger partial charge in [0.15, 0.2) is 0 Å². The Morgan fingerprint density at radius 3 is 2.59 bits per heavy atom. The van der Waals surface area contributed by atoms with Gasteiger partial charge in [0.05, 0.1) is 12.6 Å². The van der Waals surface area contributed by atoms with E-state index in [1.165, 1.54) is 18.4 Å². The third-order valence-electron chi connectivity index (χ3n) is 7.66. The van der Waals surface area contributed by atoms with Crippen molar-refractivity contribution in [1.82, 2.24) is 14.8 Å². The lowest BCUT2D eigenvalue weighted by atomic mass is 10.0. The van der Waals surface area contributed by atoms with Crippen LogP contribution < -0.4 is 4.74 Å². The Hall–Kier alpha value is -4.10. The van der Waals surface area contributed by atoms with Crippen LogP contribution in [0.4, 0.5) is 0 Å². The molecule has 1 aliphatic carbocycles. The fourth-order valence-corrected chi connectivity index (χ4v) is 5.51. The zero-order valence-corrected chi connectivity index (χ0v) is 21.9. The third-order valence-corrected chi connectivity index (χ3v) is 7.66. The van der Waals surface area contributed by atoms with Crippen LogP contribution >= 0.6 is 0 Å². The average molecular weight is 524 g/mol. The molecule has 7 heteroatoms. The van der Waals surface area contributed by atoms with Crippen molar-refractivity contribution in [1.29, 1.82) is 0 Å². The number of fused-ring (bicyclic) bond motifs is 1. The van der Waals surface area contributed by atoms with Crippen molar-refractivity contribution in [2.75, 3.05) is 26.3 Å². The molecule has 2 fully saturated rings. The summed E-state index contributed by atoms with van der Waals surface area (Å²) in [6.07, 6.45) is 3.11. The highest BCUT2D eigenvalue weighted by Gasteiger charge is 2.35. The molecule has 1 aliphatic heterocycles. The first-order chi connectivity index (χ1) is 19.1. The van der Waals surface area contributed by atoms with Crippen LogP contribution in [-0.4, -0.2) is 64.0 Å². The summed E-state index contributed by atoms with van der Waals surface area (Å²) in [4.78, 5) is 34.0. The quantitative estimate of drug-likeness (QED) is 0.338. The second-order valence-corrected chi connectivity index (χ2v) is 10.6. The predicted molar refractivity (Wildman–Crippen MR) is 150 cm³/mol. The van der Waals surface area contributed by atoms with Gasteiger partial charge in [-0.1, -0.05) is 48.5 Å². The molecule has 2 N–H and O–H groups in total. The summed E-state index contributed by atoms with van der Waals surface area (Å²) in [7, 11) is 0. The number of carbonyl (C=O) groups excluding carboxylic acids is 2. The van der Waals surface area contributed by atoms with Gasteiger partial charge in [-0.15, -0.1) is 0 Å². The largest absolute Gasteiger partial charge is 0.491 e. The van der Waals surface area contributed by atoms with Gasteiger partial charge < -0.3 is 24.6 Å². The van der Waals surface area contributed by atoms with Crippen molar-refractivity contribution in [2.45, 2.75) is 37.8 Å². The maximum Gasteiger partial charge on any atom is 0.270 e. The van der Waals surface area contributed by atoms with E-state index in [-0.39, 0.29) is 37.6 Å². The number of benzene rings is 3. The third kappa shape index (κ3) is 5.68. The van der Waals surface area contributed by atoms with E-state index in [4.69, 9.17) is 9.84 Å². The topological polar surface area (TPSA) is 85.9 Å². The van der Waals surface area contributed by atoms with Crippen molar-refractivity contribution >= 4 is 22.7 Å². The van der Waals surface area contributed by atoms with Gasteiger partial charge in [-0.2, -0.15) is 0 Å². The van der Waals surface area contributed by atoms with Gasteiger partial charge in [0.1, 0.15) is 24.6 Å². The van der Waals surface area contributed by atoms with E-state index >= 15 is 0 Å². The average Bonchev–Trinajstić information content (AvgIpc) is 3.72. The van der Waals surface area contributed by atoms with Crippen molar-refractivity contribution < 1.29 is 19.4 Å². The maximum atomic E-state index is 13.6. The van der Waals surface area contributed by atoms with Gasteiger partial charge in [-0.3, -0.25) is 9.59 Å². The van der Waals surface area contributed by atoms with E-state index in [1.807, 2.05) is 53.4 Å². The van der Waals surface area contributed by atoms with Crippen LogP contribution in [0.5, 0.6) is 5.75 Å². The molecule has 6 rings (SSSR count). The van der Waals surface area contributed by atoms with Crippen LogP contribution in [0, 0.1) is 0 Å². The van der Waals surface area contributed by atoms with E-state index < -0.39 is 0 Å². The SMILES string of the molecule is O=C(c1cc2cc(C3CC3)ccc2[nH]1)N1CC(=O)N(Cc2cccc(OCCO)c2)[C@@H](Cc2ccccc2)C1. The second-order valence-electron chi connectivity index (χ2n) is 10.6. The number of aliphatic hydroxyl groups excluding tert-OH is 1. The number of ether oxygens (including phenoxy) is 1. The Bertz CT molecular complexity index is 1480. The first-order valence-electron chi connectivity index (χ1n) is 13.7.